The summed E-state index contributed by atoms with van der Waals surface area (Å²) in [6, 6.07) is 0. The largest absolute Gasteiger partial charge is 0.520 e. The zero-order valence-corrected chi connectivity index (χ0v) is 19.2. The molecule has 0 aromatic carbocycles. The van der Waals surface area contributed by atoms with Crippen LogP contribution in [0.3, 0.4) is 0 Å². The Labute approximate surface area is 153 Å². The molecule has 0 aromatic heterocycles. The summed E-state index contributed by atoms with van der Waals surface area (Å²) >= 11 is 0. The standard InChI is InChI=1S/C19H42O3Si2/c1-23(2,3)21-18-16-14-12-10-8-7-9-11-13-15-17-19(20)22-24(4,5)6/h7-18H2,1-6H3. The molecule has 0 amide bonds. The average molecular weight is 375 g/mol. The van der Waals surface area contributed by atoms with Crippen LogP contribution in [0.1, 0.15) is 70.6 Å². The summed E-state index contributed by atoms with van der Waals surface area (Å²) in [5.41, 5.74) is 0. The first-order chi connectivity index (χ1) is 11.1. The van der Waals surface area contributed by atoms with Crippen LogP contribution in [0.4, 0.5) is 0 Å². The van der Waals surface area contributed by atoms with Crippen molar-refractivity contribution in [2.75, 3.05) is 6.61 Å². The second-order valence-electron chi connectivity index (χ2n) is 8.83. The van der Waals surface area contributed by atoms with Gasteiger partial charge in [-0.3, -0.25) is 4.79 Å². The Bertz CT molecular complexity index is 320. The monoisotopic (exact) mass is 374 g/mol. The van der Waals surface area contributed by atoms with Crippen molar-refractivity contribution in [1.82, 2.24) is 0 Å². The van der Waals surface area contributed by atoms with Crippen LogP contribution in [0.25, 0.3) is 0 Å². The van der Waals surface area contributed by atoms with Gasteiger partial charge in [-0.2, -0.15) is 0 Å². The summed E-state index contributed by atoms with van der Waals surface area (Å²) in [5, 5.41) is 0. The first-order valence-electron chi connectivity index (χ1n) is 9.96. The highest BCUT2D eigenvalue weighted by atomic mass is 28.4. The van der Waals surface area contributed by atoms with Crippen LogP contribution in [-0.4, -0.2) is 29.2 Å². The summed E-state index contributed by atoms with van der Waals surface area (Å²) in [7, 11) is -2.99. The highest BCUT2D eigenvalue weighted by Crippen LogP contribution is 2.13. The van der Waals surface area contributed by atoms with Crippen molar-refractivity contribution in [3.05, 3.63) is 0 Å². The molecule has 24 heavy (non-hydrogen) atoms. The maximum atomic E-state index is 11.6. The number of unbranched alkanes of at least 4 members (excludes halogenated alkanes) is 9. The SMILES string of the molecule is C[Si](C)(C)OCCCCCCCCCCCCC(=O)O[Si](C)(C)C. The average Bonchev–Trinajstić information content (AvgIpc) is 2.40. The zero-order valence-electron chi connectivity index (χ0n) is 17.2. The Morgan fingerprint density at radius 2 is 1.04 bits per heavy atom. The second kappa shape index (κ2) is 13.1. The van der Waals surface area contributed by atoms with Gasteiger partial charge in [-0.25, -0.2) is 0 Å². The summed E-state index contributed by atoms with van der Waals surface area (Å²) < 4.78 is 11.3. The molecule has 144 valence electrons. The van der Waals surface area contributed by atoms with Gasteiger partial charge in [0.1, 0.15) is 0 Å². The van der Waals surface area contributed by atoms with E-state index in [9.17, 15) is 4.79 Å². The van der Waals surface area contributed by atoms with Crippen LogP contribution >= 0.6 is 0 Å². The molecule has 0 aliphatic rings. The smallest absolute Gasteiger partial charge is 0.292 e. The van der Waals surface area contributed by atoms with Crippen LogP contribution in [0.2, 0.25) is 39.3 Å². The lowest BCUT2D eigenvalue weighted by Gasteiger charge is -2.17. The first kappa shape index (κ1) is 23.9. The van der Waals surface area contributed by atoms with E-state index in [-0.39, 0.29) is 5.97 Å². The van der Waals surface area contributed by atoms with Crippen LogP contribution in [0.15, 0.2) is 0 Å². The van der Waals surface area contributed by atoms with E-state index in [1.807, 2.05) is 0 Å². The normalized spacial score (nSPS) is 12.4. The first-order valence-corrected chi connectivity index (χ1v) is 16.8. The Kier molecular flexibility index (Phi) is 13.0. The third-order valence-electron chi connectivity index (χ3n) is 3.73. The lowest BCUT2D eigenvalue weighted by molar-refractivity contribution is -0.135. The Hall–Kier alpha value is -0.136. The van der Waals surface area contributed by atoms with E-state index < -0.39 is 16.6 Å². The van der Waals surface area contributed by atoms with E-state index in [1.54, 1.807) is 0 Å². The van der Waals surface area contributed by atoms with Crippen LogP contribution in [0.5, 0.6) is 0 Å². The van der Waals surface area contributed by atoms with Gasteiger partial charge in [-0.15, -0.1) is 0 Å². The van der Waals surface area contributed by atoms with Gasteiger partial charge < -0.3 is 8.85 Å². The van der Waals surface area contributed by atoms with Gasteiger partial charge in [-0.1, -0.05) is 51.4 Å². The van der Waals surface area contributed by atoms with E-state index in [2.05, 4.69) is 39.3 Å². The molecule has 0 aliphatic heterocycles. The van der Waals surface area contributed by atoms with Crippen molar-refractivity contribution in [2.24, 2.45) is 0 Å². The lowest BCUT2D eigenvalue weighted by atomic mass is 10.1. The van der Waals surface area contributed by atoms with Gasteiger partial charge >= 0.3 is 0 Å². The van der Waals surface area contributed by atoms with Crippen molar-refractivity contribution in [2.45, 2.75) is 110 Å². The van der Waals surface area contributed by atoms with Gasteiger partial charge in [0.05, 0.1) is 0 Å². The van der Waals surface area contributed by atoms with E-state index in [1.165, 1.54) is 51.4 Å². The maximum Gasteiger partial charge on any atom is 0.292 e. The molecule has 0 heterocycles. The van der Waals surface area contributed by atoms with Gasteiger partial charge in [0.25, 0.3) is 5.97 Å². The Morgan fingerprint density at radius 3 is 1.46 bits per heavy atom. The molecule has 0 aromatic rings. The fraction of sp³-hybridized carbons (Fsp3) is 0.947. The van der Waals surface area contributed by atoms with Crippen LogP contribution < -0.4 is 0 Å². The Morgan fingerprint density at radius 1 is 0.625 bits per heavy atom. The van der Waals surface area contributed by atoms with Crippen molar-refractivity contribution in [1.29, 1.82) is 0 Å². The lowest BCUT2D eigenvalue weighted by Crippen LogP contribution is -2.28. The molecular formula is C19H42O3Si2. The molecule has 0 N–H and O–H groups in total. The topological polar surface area (TPSA) is 35.5 Å². The molecule has 0 spiro atoms. The number of carbonyl (C=O) groups excluding carboxylic acids is 1. The van der Waals surface area contributed by atoms with Crippen LogP contribution in [0, 0.1) is 0 Å². The van der Waals surface area contributed by atoms with E-state index in [0.717, 1.165) is 19.4 Å². The number of hydrogen-bond donors (Lipinski definition) is 0. The minimum Gasteiger partial charge on any atom is -0.520 e. The number of rotatable bonds is 15. The summed E-state index contributed by atoms with van der Waals surface area (Å²) in [4.78, 5) is 11.6. The fourth-order valence-corrected chi connectivity index (χ4v) is 4.10. The molecule has 0 fully saturated rings. The number of hydrogen-bond acceptors (Lipinski definition) is 3. The van der Waals surface area contributed by atoms with E-state index in [0.29, 0.717) is 6.42 Å². The number of carbonyl (C=O) groups is 1. The third kappa shape index (κ3) is 19.9. The van der Waals surface area contributed by atoms with Crippen LogP contribution in [-0.2, 0) is 13.6 Å². The molecule has 0 atom stereocenters. The van der Waals surface area contributed by atoms with E-state index in [4.69, 9.17) is 8.85 Å². The maximum absolute atomic E-state index is 11.6. The molecule has 0 radical (unpaired) electrons. The molecular weight excluding hydrogens is 332 g/mol. The van der Waals surface area contributed by atoms with Crippen molar-refractivity contribution in [3.8, 4) is 0 Å². The molecule has 3 nitrogen and oxygen atoms in total. The molecule has 5 heteroatoms. The van der Waals surface area contributed by atoms with Crippen molar-refractivity contribution >= 4 is 22.6 Å². The third-order valence-corrected chi connectivity index (χ3v) is 5.64. The molecule has 0 unspecified atom stereocenters. The van der Waals surface area contributed by atoms with E-state index >= 15 is 0 Å². The Balaban J connectivity index is 3.22. The van der Waals surface area contributed by atoms with Gasteiger partial charge in [0.2, 0.25) is 8.32 Å². The highest BCUT2D eigenvalue weighted by molar-refractivity contribution is 6.71. The van der Waals surface area contributed by atoms with Gasteiger partial charge in [0.15, 0.2) is 8.32 Å². The molecule has 0 aliphatic carbocycles. The van der Waals surface area contributed by atoms with Gasteiger partial charge in [-0.05, 0) is 52.1 Å². The van der Waals surface area contributed by atoms with Crippen molar-refractivity contribution < 1.29 is 13.6 Å². The van der Waals surface area contributed by atoms with Gasteiger partial charge in [0, 0.05) is 13.0 Å². The molecule has 0 bridgehead atoms. The quantitative estimate of drug-likeness (QED) is 0.242. The summed E-state index contributed by atoms with van der Waals surface area (Å²) in [6.45, 7) is 13.9. The summed E-state index contributed by atoms with van der Waals surface area (Å²) in [5.74, 6) is 0.00673. The molecule has 0 rings (SSSR count). The summed E-state index contributed by atoms with van der Waals surface area (Å²) in [6.07, 6.45) is 13.2. The highest BCUT2D eigenvalue weighted by Gasteiger charge is 2.19. The minimum absolute atomic E-state index is 0.00673. The zero-order chi connectivity index (χ0) is 18.5. The molecule has 0 saturated heterocycles. The fourth-order valence-electron chi connectivity index (χ4n) is 2.56. The predicted molar refractivity (Wildman–Crippen MR) is 110 cm³/mol. The minimum atomic E-state index is -1.69. The predicted octanol–water partition coefficient (Wildman–Crippen LogP) is 6.51. The second-order valence-corrected chi connectivity index (χ2v) is 17.8. The molecule has 0 saturated carbocycles. The van der Waals surface area contributed by atoms with Crippen molar-refractivity contribution in [3.63, 3.8) is 0 Å².